The van der Waals surface area contributed by atoms with E-state index < -0.39 is 10.2 Å². The minimum absolute atomic E-state index is 0.230. The van der Waals surface area contributed by atoms with Crippen LogP contribution in [0.25, 0.3) is 0 Å². The Labute approximate surface area is 138 Å². The van der Waals surface area contributed by atoms with Crippen molar-refractivity contribution in [1.29, 1.82) is 0 Å². The van der Waals surface area contributed by atoms with Gasteiger partial charge in [-0.05, 0) is 11.0 Å². The molecule has 0 aliphatic heterocycles. The normalized spacial score (nSPS) is 13.9. The molecule has 2 N–H and O–H groups in total. The van der Waals surface area contributed by atoms with E-state index >= 15 is 0 Å². The zero-order valence-electron chi connectivity index (χ0n) is 13.7. The first kappa shape index (κ1) is 17.7. The van der Waals surface area contributed by atoms with E-state index in [0.717, 1.165) is 5.56 Å². The molecule has 0 aliphatic rings. The third kappa shape index (κ3) is 5.78. The minimum atomic E-state index is -3.60. The Morgan fingerprint density at radius 2 is 1.91 bits per heavy atom. The molecule has 0 saturated carbocycles. The van der Waals surface area contributed by atoms with Crippen LogP contribution in [0.4, 0.5) is 0 Å². The standard InChI is InChI=1S/C16H24N4O2S/c1-16(2,3)15(12-20-10-9-17-13-20)19-23(21,22)18-11-14-7-5-4-6-8-14/h4-10,13,15,18-19H,11-12H2,1-3H3/t15-/m0/s1. The lowest BCUT2D eigenvalue weighted by molar-refractivity contribution is 0.270. The summed E-state index contributed by atoms with van der Waals surface area (Å²) in [6.45, 7) is 6.81. The fourth-order valence-corrected chi connectivity index (χ4v) is 3.34. The molecule has 0 amide bonds. The zero-order valence-corrected chi connectivity index (χ0v) is 14.5. The highest BCUT2D eigenvalue weighted by Gasteiger charge is 2.29. The molecule has 2 aromatic rings. The van der Waals surface area contributed by atoms with E-state index in [0.29, 0.717) is 6.54 Å². The molecule has 126 valence electrons. The monoisotopic (exact) mass is 336 g/mol. The Bertz CT molecular complexity index is 691. The summed E-state index contributed by atoms with van der Waals surface area (Å²) in [6, 6.07) is 9.17. The number of nitrogens with zero attached hydrogens (tertiary/aromatic N) is 2. The van der Waals surface area contributed by atoms with Crippen LogP contribution in [0.5, 0.6) is 0 Å². The lowest BCUT2D eigenvalue weighted by atomic mass is 9.87. The van der Waals surface area contributed by atoms with Gasteiger partial charge in [0.05, 0.1) is 6.33 Å². The Hall–Kier alpha value is -1.70. The average molecular weight is 336 g/mol. The summed E-state index contributed by atoms with van der Waals surface area (Å²) in [5.41, 5.74) is 0.686. The highest BCUT2D eigenvalue weighted by molar-refractivity contribution is 7.87. The molecule has 1 heterocycles. The molecule has 1 aromatic heterocycles. The van der Waals surface area contributed by atoms with Crippen LogP contribution >= 0.6 is 0 Å². The van der Waals surface area contributed by atoms with Crippen molar-refractivity contribution < 1.29 is 8.42 Å². The van der Waals surface area contributed by atoms with Crippen LogP contribution in [-0.2, 0) is 23.3 Å². The molecule has 0 bridgehead atoms. The largest absolute Gasteiger partial charge is 0.336 e. The van der Waals surface area contributed by atoms with Crippen LogP contribution in [0.3, 0.4) is 0 Å². The van der Waals surface area contributed by atoms with Gasteiger partial charge in [-0.15, -0.1) is 0 Å². The molecule has 1 aromatic carbocycles. The van der Waals surface area contributed by atoms with Crippen molar-refractivity contribution in [3.63, 3.8) is 0 Å². The van der Waals surface area contributed by atoms with Gasteiger partial charge in [0, 0.05) is 31.5 Å². The van der Waals surface area contributed by atoms with E-state index in [2.05, 4.69) is 14.4 Å². The van der Waals surface area contributed by atoms with E-state index in [1.54, 1.807) is 12.5 Å². The second-order valence-corrected chi connectivity index (χ2v) is 8.14. The second-order valence-electron chi connectivity index (χ2n) is 6.61. The van der Waals surface area contributed by atoms with Crippen LogP contribution in [0.15, 0.2) is 49.1 Å². The Morgan fingerprint density at radius 3 is 2.48 bits per heavy atom. The van der Waals surface area contributed by atoms with Gasteiger partial charge < -0.3 is 4.57 Å². The van der Waals surface area contributed by atoms with Gasteiger partial charge in [-0.2, -0.15) is 17.9 Å². The number of hydrogen-bond donors (Lipinski definition) is 2. The summed E-state index contributed by atoms with van der Waals surface area (Å²) in [7, 11) is -3.60. The van der Waals surface area contributed by atoms with Gasteiger partial charge in [-0.1, -0.05) is 51.1 Å². The van der Waals surface area contributed by atoms with Crippen molar-refractivity contribution >= 4 is 10.2 Å². The number of benzene rings is 1. The van der Waals surface area contributed by atoms with Gasteiger partial charge >= 0.3 is 0 Å². The molecule has 0 saturated heterocycles. The van der Waals surface area contributed by atoms with Gasteiger partial charge in [0.15, 0.2) is 0 Å². The van der Waals surface area contributed by atoms with E-state index in [1.807, 2.05) is 61.9 Å². The fraction of sp³-hybridized carbons (Fsp3) is 0.438. The highest BCUT2D eigenvalue weighted by Crippen LogP contribution is 2.21. The first-order valence-corrected chi connectivity index (χ1v) is 9.01. The lowest BCUT2D eigenvalue weighted by Crippen LogP contribution is -2.50. The van der Waals surface area contributed by atoms with Gasteiger partial charge in [0.1, 0.15) is 0 Å². The third-order valence-electron chi connectivity index (χ3n) is 3.60. The Kier molecular flexibility index (Phi) is 5.56. The lowest BCUT2D eigenvalue weighted by Gasteiger charge is -2.31. The fourth-order valence-electron chi connectivity index (χ4n) is 2.10. The summed E-state index contributed by atoms with van der Waals surface area (Å²) >= 11 is 0. The minimum Gasteiger partial charge on any atom is -0.336 e. The average Bonchev–Trinajstić information content (AvgIpc) is 2.98. The number of rotatable bonds is 7. The van der Waals surface area contributed by atoms with Gasteiger partial charge in [-0.3, -0.25) is 0 Å². The molecule has 0 unspecified atom stereocenters. The molecule has 6 nitrogen and oxygen atoms in total. The summed E-state index contributed by atoms with van der Waals surface area (Å²) in [4.78, 5) is 4.00. The van der Waals surface area contributed by atoms with E-state index in [-0.39, 0.29) is 18.0 Å². The topological polar surface area (TPSA) is 76.0 Å². The molecule has 0 aliphatic carbocycles. The third-order valence-corrected chi connectivity index (χ3v) is 4.72. The quantitative estimate of drug-likeness (QED) is 0.811. The van der Waals surface area contributed by atoms with Crippen LogP contribution in [0.1, 0.15) is 26.3 Å². The predicted octanol–water partition coefficient (Wildman–Crippen LogP) is 1.92. The van der Waals surface area contributed by atoms with Crippen molar-refractivity contribution in [2.24, 2.45) is 5.41 Å². The van der Waals surface area contributed by atoms with Gasteiger partial charge in [-0.25, -0.2) is 4.98 Å². The van der Waals surface area contributed by atoms with Gasteiger partial charge in [0.25, 0.3) is 10.2 Å². The highest BCUT2D eigenvalue weighted by atomic mass is 32.2. The molecule has 7 heteroatoms. The molecule has 0 radical (unpaired) electrons. The Morgan fingerprint density at radius 1 is 1.22 bits per heavy atom. The van der Waals surface area contributed by atoms with E-state index in [4.69, 9.17) is 0 Å². The van der Waals surface area contributed by atoms with E-state index in [9.17, 15) is 8.42 Å². The number of hydrogen-bond acceptors (Lipinski definition) is 3. The summed E-state index contributed by atoms with van der Waals surface area (Å²) in [5.74, 6) is 0. The number of aromatic nitrogens is 2. The van der Waals surface area contributed by atoms with E-state index in [1.165, 1.54) is 0 Å². The first-order chi connectivity index (χ1) is 10.8. The van der Waals surface area contributed by atoms with Crippen LogP contribution in [0.2, 0.25) is 0 Å². The summed E-state index contributed by atoms with van der Waals surface area (Å²) in [6.07, 6.45) is 5.19. The van der Waals surface area contributed by atoms with Crippen molar-refractivity contribution in [2.75, 3.05) is 0 Å². The number of nitrogens with one attached hydrogen (secondary N) is 2. The first-order valence-electron chi connectivity index (χ1n) is 7.53. The predicted molar refractivity (Wildman–Crippen MR) is 90.8 cm³/mol. The molecular weight excluding hydrogens is 312 g/mol. The number of imidazole rings is 1. The van der Waals surface area contributed by atoms with Crippen molar-refractivity contribution in [2.45, 2.75) is 39.9 Å². The molecule has 2 rings (SSSR count). The second kappa shape index (κ2) is 7.25. The van der Waals surface area contributed by atoms with Crippen LogP contribution in [-0.4, -0.2) is 24.0 Å². The van der Waals surface area contributed by atoms with Crippen LogP contribution in [0, 0.1) is 5.41 Å². The molecule has 0 fully saturated rings. The molecule has 23 heavy (non-hydrogen) atoms. The molecule has 0 spiro atoms. The molecular formula is C16H24N4O2S. The SMILES string of the molecule is CC(C)(C)[C@H](Cn1ccnc1)NS(=O)(=O)NCc1ccccc1. The maximum absolute atomic E-state index is 12.3. The van der Waals surface area contributed by atoms with Crippen molar-refractivity contribution in [1.82, 2.24) is 19.0 Å². The summed E-state index contributed by atoms with van der Waals surface area (Å²) < 4.78 is 31.9. The van der Waals surface area contributed by atoms with Crippen molar-refractivity contribution in [3.8, 4) is 0 Å². The zero-order chi connectivity index (χ0) is 16.9. The van der Waals surface area contributed by atoms with Crippen LogP contribution < -0.4 is 9.44 Å². The smallest absolute Gasteiger partial charge is 0.277 e. The maximum Gasteiger partial charge on any atom is 0.277 e. The van der Waals surface area contributed by atoms with Gasteiger partial charge in [0.2, 0.25) is 0 Å². The maximum atomic E-state index is 12.3. The molecule has 1 atom stereocenters. The Balaban J connectivity index is 2.02. The summed E-state index contributed by atoms with van der Waals surface area (Å²) in [5, 5.41) is 0. The van der Waals surface area contributed by atoms with Crippen molar-refractivity contribution in [3.05, 3.63) is 54.6 Å².